The Morgan fingerprint density at radius 2 is 1.00 bits per heavy atom. The van der Waals surface area contributed by atoms with Crippen molar-refractivity contribution in [2.45, 2.75) is 30.4 Å². The maximum absolute atomic E-state index is 10.2. The number of hydrogen-bond acceptors (Lipinski definition) is 4. The van der Waals surface area contributed by atoms with Crippen LogP contribution in [0.4, 0.5) is 0 Å². The summed E-state index contributed by atoms with van der Waals surface area (Å²) in [4.78, 5) is 0. The molecular weight excluding hydrogens is 314 g/mol. The summed E-state index contributed by atoms with van der Waals surface area (Å²) in [7, 11) is 0. The molecule has 0 aromatic heterocycles. The first kappa shape index (κ1) is 17.6. The monoisotopic (exact) mass is 337 g/mol. The molecule has 0 unspecified atom stereocenters. The minimum absolute atomic E-state index is 0.455. The van der Waals surface area contributed by atoms with Crippen LogP contribution in [0, 0.1) is 0 Å². The van der Waals surface area contributed by atoms with E-state index in [4.69, 9.17) is 0 Å². The van der Waals surface area contributed by atoms with Crippen LogP contribution >= 0.6 is 0 Å². The van der Waals surface area contributed by atoms with Crippen LogP contribution in [0.15, 0.2) is 72.8 Å². The van der Waals surface area contributed by atoms with Crippen molar-refractivity contribution in [3.63, 3.8) is 0 Å². The van der Waals surface area contributed by atoms with Crippen molar-refractivity contribution in [3.05, 3.63) is 83.9 Å². The smallest absolute Gasteiger partial charge is 0.109 e. The largest absolute Gasteiger partial charge is 0.388 e. The number of aliphatic hydroxyl groups excluding tert-OH is 3. The zero-order valence-electron chi connectivity index (χ0n) is 13.8. The standard InChI is InChI=1S/C21H23NO3/c23-19-17(13-11-15-7-3-1-4-8-15)22-18(20(24)21(19)25)14-12-16-9-5-2-6-10-16/h1-14,17-25H/b13-11+,14-12+/t17-,18-,19+,20+/m0/s1. The fraction of sp³-hybridized carbons (Fsp3) is 0.238. The molecule has 1 saturated heterocycles. The summed E-state index contributed by atoms with van der Waals surface area (Å²) in [6.07, 6.45) is 4.06. The molecule has 2 aromatic carbocycles. The van der Waals surface area contributed by atoms with Crippen LogP contribution in [0.1, 0.15) is 11.1 Å². The van der Waals surface area contributed by atoms with E-state index in [1.54, 1.807) is 0 Å². The summed E-state index contributed by atoms with van der Waals surface area (Å²) >= 11 is 0. The molecule has 1 fully saturated rings. The molecule has 0 saturated carbocycles. The van der Waals surface area contributed by atoms with E-state index in [1.807, 2.05) is 85.0 Å². The zero-order chi connectivity index (χ0) is 17.6. The summed E-state index contributed by atoms with van der Waals surface area (Å²) in [6.45, 7) is 0. The molecule has 3 rings (SSSR count). The van der Waals surface area contributed by atoms with E-state index in [9.17, 15) is 15.3 Å². The summed E-state index contributed by atoms with van der Waals surface area (Å²) in [5.74, 6) is 0. The molecule has 0 spiro atoms. The molecule has 130 valence electrons. The van der Waals surface area contributed by atoms with Crippen molar-refractivity contribution in [1.29, 1.82) is 0 Å². The van der Waals surface area contributed by atoms with Crippen LogP contribution in [0.2, 0.25) is 0 Å². The van der Waals surface area contributed by atoms with E-state index < -0.39 is 30.4 Å². The number of nitrogens with one attached hydrogen (secondary N) is 1. The highest BCUT2D eigenvalue weighted by Gasteiger charge is 2.40. The molecule has 0 aliphatic carbocycles. The second kappa shape index (κ2) is 8.23. The van der Waals surface area contributed by atoms with Crippen LogP contribution in [-0.2, 0) is 0 Å². The molecule has 0 radical (unpaired) electrons. The van der Waals surface area contributed by atoms with Gasteiger partial charge in [-0.3, -0.25) is 5.32 Å². The lowest BCUT2D eigenvalue weighted by Gasteiger charge is -2.39. The Morgan fingerprint density at radius 1 is 0.600 bits per heavy atom. The van der Waals surface area contributed by atoms with E-state index in [-0.39, 0.29) is 0 Å². The maximum Gasteiger partial charge on any atom is 0.109 e. The van der Waals surface area contributed by atoms with Crippen molar-refractivity contribution in [1.82, 2.24) is 5.32 Å². The van der Waals surface area contributed by atoms with Crippen molar-refractivity contribution in [3.8, 4) is 0 Å². The highest BCUT2D eigenvalue weighted by molar-refractivity contribution is 5.51. The van der Waals surface area contributed by atoms with E-state index in [1.165, 1.54) is 0 Å². The van der Waals surface area contributed by atoms with Gasteiger partial charge in [0.2, 0.25) is 0 Å². The fourth-order valence-electron chi connectivity index (χ4n) is 2.94. The van der Waals surface area contributed by atoms with Gasteiger partial charge in [-0.1, -0.05) is 85.0 Å². The first-order chi connectivity index (χ1) is 12.1. The van der Waals surface area contributed by atoms with Crippen molar-refractivity contribution in [2.75, 3.05) is 0 Å². The second-order valence-electron chi connectivity index (χ2n) is 6.23. The van der Waals surface area contributed by atoms with Gasteiger partial charge in [0.1, 0.15) is 18.3 Å². The Hall–Kier alpha value is -2.24. The Labute approximate surface area is 147 Å². The van der Waals surface area contributed by atoms with E-state index in [0.717, 1.165) is 11.1 Å². The number of benzene rings is 2. The molecule has 4 N–H and O–H groups in total. The first-order valence-corrected chi connectivity index (χ1v) is 8.42. The molecule has 0 bridgehead atoms. The average molecular weight is 337 g/mol. The molecule has 4 heteroatoms. The number of piperidine rings is 1. The normalized spacial score (nSPS) is 30.1. The molecular formula is C21H23NO3. The maximum atomic E-state index is 10.2. The Morgan fingerprint density at radius 3 is 1.40 bits per heavy atom. The summed E-state index contributed by atoms with van der Waals surface area (Å²) in [5, 5.41) is 33.8. The average Bonchev–Trinajstić information content (AvgIpc) is 2.66. The van der Waals surface area contributed by atoms with Crippen LogP contribution in [-0.4, -0.2) is 45.7 Å². The number of hydrogen-bond donors (Lipinski definition) is 4. The second-order valence-corrected chi connectivity index (χ2v) is 6.23. The number of rotatable bonds is 4. The van der Waals surface area contributed by atoms with Crippen LogP contribution in [0.25, 0.3) is 12.2 Å². The van der Waals surface area contributed by atoms with Gasteiger partial charge in [-0.15, -0.1) is 0 Å². The van der Waals surface area contributed by atoms with Gasteiger partial charge in [-0.25, -0.2) is 0 Å². The third kappa shape index (κ3) is 4.44. The minimum Gasteiger partial charge on any atom is -0.388 e. The van der Waals surface area contributed by atoms with E-state index in [0.29, 0.717) is 0 Å². The molecule has 0 amide bonds. The lowest BCUT2D eigenvalue weighted by atomic mass is 9.89. The quantitative estimate of drug-likeness (QED) is 0.687. The third-order valence-electron chi connectivity index (χ3n) is 4.41. The highest BCUT2D eigenvalue weighted by Crippen LogP contribution is 2.19. The Kier molecular flexibility index (Phi) is 5.79. The number of aliphatic hydroxyl groups is 3. The highest BCUT2D eigenvalue weighted by atomic mass is 16.4. The van der Waals surface area contributed by atoms with Gasteiger partial charge in [0.15, 0.2) is 0 Å². The fourth-order valence-corrected chi connectivity index (χ4v) is 2.94. The molecule has 1 heterocycles. The van der Waals surface area contributed by atoms with Crippen LogP contribution in [0.5, 0.6) is 0 Å². The van der Waals surface area contributed by atoms with Gasteiger partial charge in [0.05, 0.1) is 12.1 Å². The summed E-state index contributed by atoms with van der Waals surface area (Å²) < 4.78 is 0. The molecule has 2 aromatic rings. The van der Waals surface area contributed by atoms with Crippen molar-refractivity contribution >= 4 is 12.2 Å². The van der Waals surface area contributed by atoms with Crippen LogP contribution < -0.4 is 5.32 Å². The van der Waals surface area contributed by atoms with Gasteiger partial charge >= 0.3 is 0 Å². The summed E-state index contributed by atoms with van der Waals surface area (Å²) in [5.41, 5.74) is 2.02. The topological polar surface area (TPSA) is 72.7 Å². The third-order valence-corrected chi connectivity index (χ3v) is 4.41. The Balaban J connectivity index is 1.74. The minimum atomic E-state index is -1.21. The SMILES string of the molecule is OC1[C@H](O)[C@H](/C=C/c2ccccc2)N[C@@H](/C=C/c2ccccc2)[C@H]1O. The predicted molar refractivity (Wildman–Crippen MR) is 99.7 cm³/mol. The molecule has 1 aliphatic rings. The first-order valence-electron chi connectivity index (χ1n) is 8.42. The van der Waals surface area contributed by atoms with E-state index in [2.05, 4.69) is 5.32 Å². The molecule has 1 aliphatic heterocycles. The van der Waals surface area contributed by atoms with Crippen molar-refractivity contribution < 1.29 is 15.3 Å². The lowest BCUT2D eigenvalue weighted by molar-refractivity contribution is -0.0981. The van der Waals surface area contributed by atoms with Gasteiger partial charge in [-0.05, 0) is 11.1 Å². The predicted octanol–water partition coefficient (Wildman–Crippen LogP) is 1.84. The van der Waals surface area contributed by atoms with Crippen molar-refractivity contribution in [2.24, 2.45) is 0 Å². The lowest BCUT2D eigenvalue weighted by Crippen LogP contribution is -2.63. The van der Waals surface area contributed by atoms with Gasteiger partial charge in [0.25, 0.3) is 0 Å². The van der Waals surface area contributed by atoms with E-state index >= 15 is 0 Å². The zero-order valence-corrected chi connectivity index (χ0v) is 13.8. The summed E-state index contributed by atoms with van der Waals surface area (Å²) in [6, 6.07) is 18.6. The van der Waals surface area contributed by atoms with Gasteiger partial charge in [0, 0.05) is 0 Å². The molecule has 4 nitrogen and oxygen atoms in total. The molecule has 25 heavy (non-hydrogen) atoms. The molecule has 4 atom stereocenters. The van der Waals surface area contributed by atoms with Gasteiger partial charge in [-0.2, -0.15) is 0 Å². The Bertz CT molecular complexity index is 653. The van der Waals surface area contributed by atoms with Gasteiger partial charge < -0.3 is 15.3 Å². The van der Waals surface area contributed by atoms with Crippen LogP contribution in [0.3, 0.4) is 0 Å².